The van der Waals surface area contributed by atoms with Crippen molar-refractivity contribution in [1.82, 2.24) is 9.97 Å². The van der Waals surface area contributed by atoms with Crippen LogP contribution in [-0.4, -0.2) is 22.2 Å². The molecule has 0 atom stereocenters. The molecule has 0 aliphatic heterocycles. The minimum Gasteiger partial charge on any atom is -0.504 e. The molecule has 0 amide bonds. The lowest BCUT2D eigenvalue weighted by molar-refractivity contribution is 0.373. The van der Waals surface area contributed by atoms with Gasteiger partial charge in [0.2, 0.25) is 0 Å². The molecule has 114 valence electrons. The van der Waals surface area contributed by atoms with Crippen molar-refractivity contribution in [2.45, 2.75) is 20.4 Å². The van der Waals surface area contributed by atoms with E-state index in [1.54, 1.807) is 29.8 Å². The van der Waals surface area contributed by atoms with E-state index in [-0.39, 0.29) is 5.75 Å². The smallest absolute Gasteiger partial charge is 0.160 e. The Bertz CT molecular complexity index is 830. The number of anilines is 1. The molecule has 2 aromatic heterocycles. The third-order valence-electron chi connectivity index (χ3n) is 3.67. The van der Waals surface area contributed by atoms with Crippen LogP contribution in [-0.2, 0) is 6.54 Å². The van der Waals surface area contributed by atoms with Gasteiger partial charge in [0.15, 0.2) is 11.5 Å². The quantitative estimate of drug-likeness (QED) is 0.769. The third kappa shape index (κ3) is 2.57. The van der Waals surface area contributed by atoms with Crippen LogP contribution < -0.4 is 10.1 Å². The van der Waals surface area contributed by atoms with Crippen LogP contribution in [0.25, 0.3) is 10.2 Å². The molecule has 2 N–H and O–H groups in total. The van der Waals surface area contributed by atoms with E-state index in [4.69, 9.17) is 4.74 Å². The fourth-order valence-corrected chi connectivity index (χ4v) is 3.34. The molecule has 0 spiro atoms. The van der Waals surface area contributed by atoms with E-state index in [0.717, 1.165) is 21.6 Å². The van der Waals surface area contributed by atoms with Crippen molar-refractivity contribution in [3.63, 3.8) is 0 Å². The normalized spacial score (nSPS) is 10.9. The summed E-state index contributed by atoms with van der Waals surface area (Å²) in [6.07, 6.45) is 1.57. The number of aryl methyl sites for hydroxylation is 2. The van der Waals surface area contributed by atoms with Gasteiger partial charge in [0.1, 0.15) is 17.0 Å². The molecule has 0 aliphatic rings. The summed E-state index contributed by atoms with van der Waals surface area (Å²) in [7, 11) is 1.53. The van der Waals surface area contributed by atoms with Crippen LogP contribution in [0, 0.1) is 13.8 Å². The Hall–Kier alpha value is -2.34. The number of benzene rings is 1. The molecule has 6 heteroatoms. The first-order valence-corrected chi connectivity index (χ1v) is 7.72. The number of hydrogen-bond acceptors (Lipinski definition) is 6. The number of hydrogen-bond donors (Lipinski definition) is 2. The van der Waals surface area contributed by atoms with Gasteiger partial charge >= 0.3 is 0 Å². The van der Waals surface area contributed by atoms with Crippen molar-refractivity contribution in [3.8, 4) is 11.5 Å². The molecule has 22 heavy (non-hydrogen) atoms. The maximum Gasteiger partial charge on any atom is 0.160 e. The first-order chi connectivity index (χ1) is 10.6. The Morgan fingerprint density at radius 1 is 1.27 bits per heavy atom. The molecule has 0 saturated carbocycles. The zero-order valence-corrected chi connectivity index (χ0v) is 13.5. The van der Waals surface area contributed by atoms with Crippen LogP contribution in [0.1, 0.15) is 16.0 Å². The van der Waals surface area contributed by atoms with E-state index < -0.39 is 0 Å². The van der Waals surface area contributed by atoms with Crippen LogP contribution in [0.4, 0.5) is 5.82 Å². The summed E-state index contributed by atoms with van der Waals surface area (Å²) in [5.41, 5.74) is 2.16. The predicted molar refractivity (Wildman–Crippen MR) is 88.9 cm³/mol. The van der Waals surface area contributed by atoms with Gasteiger partial charge < -0.3 is 15.2 Å². The van der Waals surface area contributed by atoms with Gasteiger partial charge in [-0.25, -0.2) is 9.97 Å². The Labute approximate surface area is 132 Å². The molecular formula is C16H17N3O2S. The molecular weight excluding hydrogens is 298 g/mol. The number of rotatable bonds is 4. The largest absolute Gasteiger partial charge is 0.504 e. The lowest BCUT2D eigenvalue weighted by Crippen LogP contribution is -2.02. The van der Waals surface area contributed by atoms with E-state index in [1.165, 1.54) is 17.6 Å². The molecule has 0 radical (unpaired) electrons. The number of aromatic nitrogens is 2. The number of phenols is 1. The predicted octanol–water partition coefficient (Wildman–Crippen LogP) is 3.63. The van der Waals surface area contributed by atoms with Gasteiger partial charge in [-0.15, -0.1) is 11.3 Å². The summed E-state index contributed by atoms with van der Waals surface area (Å²) in [4.78, 5) is 10.9. The number of phenolic OH excluding ortho intramolecular Hbond substituents is 1. The number of nitrogens with one attached hydrogen (secondary N) is 1. The standard InChI is InChI=1S/C16H17N3O2S/c1-9-10(2)22-16-14(9)15(18-8-19-16)17-7-11-4-5-13(21-3)12(20)6-11/h4-6,8,20H,7H2,1-3H3,(H,17,18,19). The number of thiophene rings is 1. The van der Waals surface area contributed by atoms with Crippen LogP contribution in [0.2, 0.25) is 0 Å². The van der Waals surface area contributed by atoms with Gasteiger partial charge in [0.05, 0.1) is 12.5 Å². The molecule has 0 saturated heterocycles. The average molecular weight is 315 g/mol. The fourth-order valence-electron chi connectivity index (χ4n) is 2.35. The highest BCUT2D eigenvalue weighted by Crippen LogP contribution is 2.33. The minimum atomic E-state index is 0.136. The van der Waals surface area contributed by atoms with E-state index in [2.05, 4.69) is 29.1 Å². The molecule has 1 aromatic carbocycles. The average Bonchev–Trinajstić information content (AvgIpc) is 2.81. The van der Waals surface area contributed by atoms with Crippen LogP contribution in [0.15, 0.2) is 24.5 Å². The number of nitrogens with zero attached hydrogens (tertiary/aromatic N) is 2. The minimum absolute atomic E-state index is 0.136. The molecule has 0 unspecified atom stereocenters. The summed E-state index contributed by atoms with van der Waals surface area (Å²) in [6.45, 7) is 4.74. The van der Waals surface area contributed by atoms with Crippen LogP contribution in [0.5, 0.6) is 11.5 Å². The molecule has 0 aliphatic carbocycles. The maximum absolute atomic E-state index is 9.83. The zero-order valence-electron chi connectivity index (χ0n) is 12.7. The molecule has 3 aromatic rings. The van der Waals surface area contributed by atoms with Crippen molar-refractivity contribution < 1.29 is 9.84 Å². The second kappa shape index (κ2) is 5.81. The Morgan fingerprint density at radius 3 is 2.82 bits per heavy atom. The SMILES string of the molecule is COc1ccc(CNc2ncnc3sc(C)c(C)c23)cc1O. The summed E-state index contributed by atoms with van der Waals surface area (Å²) in [5, 5.41) is 14.2. The molecule has 2 heterocycles. The molecule has 5 nitrogen and oxygen atoms in total. The summed E-state index contributed by atoms with van der Waals surface area (Å²) in [6, 6.07) is 5.35. The van der Waals surface area contributed by atoms with Gasteiger partial charge in [0, 0.05) is 11.4 Å². The topological polar surface area (TPSA) is 67.3 Å². The highest BCUT2D eigenvalue weighted by molar-refractivity contribution is 7.18. The van der Waals surface area contributed by atoms with Crippen LogP contribution in [0.3, 0.4) is 0 Å². The molecule has 3 rings (SSSR count). The van der Waals surface area contributed by atoms with Crippen molar-refractivity contribution >= 4 is 27.4 Å². The first kappa shape index (κ1) is 14.6. The van der Waals surface area contributed by atoms with Crippen molar-refractivity contribution in [1.29, 1.82) is 0 Å². The van der Waals surface area contributed by atoms with Gasteiger partial charge in [-0.3, -0.25) is 0 Å². The second-order valence-corrected chi connectivity index (χ2v) is 6.25. The van der Waals surface area contributed by atoms with Crippen molar-refractivity contribution in [3.05, 3.63) is 40.5 Å². The van der Waals surface area contributed by atoms with Crippen molar-refractivity contribution in [2.75, 3.05) is 12.4 Å². The maximum atomic E-state index is 9.83. The van der Waals surface area contributed by atoms with Gasteiger partial charge in [-0.1, -0.05) is 6.07 Å². The number of methoxy groups -OCH3 is 1. The van der Waals surface area contributed by atoms with E-state index in [1.807, 2.05) is 6.07 Å². The first-order valence-electron chi connectivity index (χ1n) is 6.90. The van der Waals surface area contributed by atoms with Gasteiger partial charge in [-0.2, -0.15) is 0 Å². The number of fused-ring (bicyclic) bond motifs is 1. The zero-order chi connectivity index (χ0) is 15.7. The Kier molecular flexibility index (Phi) is 3.85. The second-order valence-electron chi connectivity index (χ2n) is 5.05. The Balaban J connectivity index is 1.86. The number of aromatic hydroxyl groups is 1. The van der Waals surface area contributed by atoms with Crippen molar-refractivity contribution in [2.24, 2.45) is 0 Å². The fraction of sp³-hybridized carbons (Fsp3) is 0.250. The van der Waals surface area contributed by atoms with Gasteiger partial charge in [0.25, 0.3) is 0 Å². The number of ether oxygens (including phenoxy) is 1. The summed E-state index contributed by atoms with van der Waals surface area (Å²) in [5.74, 6) is 1.43. The van der Waals surface area contributed by atoms with Gasteiger partial charge in [-0.05, 0) is 37.1 Å². The molecule has 0 bridgehead atoms. The highest BCUT2D eigenvalue weighted by Gasteiger charge is 2.12. The highest BCUT2D eigenvalue weighted by atomic mass is 32.1. The monoisotopic (exact) mass is 315 g/mol. The Morgan fingerprint density at radius 2 is 2.09 bits per heavy atom. The molecule has 0 fully saturated rings. The lowest BCUT2D eigenvalue weighted by Gasteiger charge is -2.09. The summed E-state index contributed by atoms with van der Waals surface area (Å²) >= 11 is 1.67. The van der Waals surface area contributed by atoms with E-state index in [9.17, 15) is 5.11 Å². The third-order valence-corrected chi connectivity index (χ3v) is 4.78. The van der Waals surface area contributed by atoms with E-state index in [0.29, 0.717) is 12.3 Å². The summed E-state index contributed by atoms with van der Waals surface area (Å²) < 4.78 is 5.05. The van der Waals surface area contributed by atoms with Crippen LogP contribution >= 0.6 is 11.3 Å². The van der Waals surface area contributed by atoms with E-state index >= 15 is 0 Å². The lowest BCUT2D eigenvalue weighted by atomic mass is 10.2.